The van der Waals surface area contributed by atoms with Crippen molar-refractivity contribution in [1.29, 1.82) is 0 Å². The molecule has 31 heavy (non-hydrogen) atoms. The molecule has 5 rings (SSSR count). The van der Waals surface area contributed by atoms with E-state index >= 15 is 4.39 Å². The molecule has 0 aromatic heterocycles. The average molecular weight is 437 g/mol. The van der Waals surface area contributed by atoms with Crippen molar-refractivity contribution in [3.05, 3.63) is 11.6 Å². The molecule has 7 heteroatoms. The Morgan fingerprint density at radius 1 is 1.23 bits per heavy atom. The number of hydrogen-bond acceptors (Lipinski definition) is 6. The number of carbonyl (C=O) groups excluding carboxylic acids is 2. The van der Waals surface area contributed by atoms with Gasteiger partial charge in [0.1, 0.15) is 12.3 Å². The summed E-state index contributed by atoms with van der Waals surface area (Å²) >= 11 is 0. The molecule has 0 spiro atoms. The standard InChI is InChI=1S/C24H33FO6/c1-20(2)30-19-10-16-15-6-5-13-9-14(27)7-8-21(13,3)23(15,25)17(28)11-22(16,4)24(19,31-20)18(29)12-26/h9,15-17,19,26,28H,5-8,10-12H2,1-4H3/t15?,16?,17-,19?,21?,22?,23-,24?/m0/s1. The number of alkyl halides is 1. The fourth-order valence-corrected chi connectivity index (χ4v) is 8.29. The fraction of sp³-hybridized carbons (Fsp3) is 0.833. The predicted molar refractivity (Wildman–Crippen MR) is 109 cm³/mol. The van der Waals surface area contributed by atoms with E-state index in [4.69, 9.17) is 9.47 Å². The van der Waals surface area contributed by atoms with Gasteiger partial charge in [0.2, 0.25) is 0 Å². The molecule has 1 heterocycles. The number of aliphatic hydroxyl groups is 2. The molecule has 2 N–H and O–H groups in total. The van der Waals surface area contributed by atoms with Crippen LogP contribution in [0.15, 0.2) is 11.6 Å². The fourth-order valence-electron chi connectivity index (χ4n) is 8.29. The third-order valence-corrected chi connectivity index (χ3v) is 9.59. The van der Waals surface area contributed by atoms with Crippen LogP contribution in [0.25, 0.3) is 0 Å². The second kappa shape index (κ2) is 6.25. The van der Waals surface area contributed by atoms with Gasteiger partial charge in [0, 0.05) is 23.2 Å². The molecule has 4 aliphatic carbocycles. The summed E-state index contributed by atoms with van der Waals surface area (Å²) in [6.45, 7) is 6.55. The van der Waals surface area contributed by atoms with Gasteiger partial charge in [0.05, 0.1) is 12.2 Å². The monoisotopic (exact) mass is 436 g/mol. The zero-order chi connectivity index (χ0) is 22.6. The van der Waals surface area contributed by atoms with Crippen molar-refractivity contribution < 1.29 is 33.7 Å². The van der Waals surface area contributed by atoms with Crippen LogP contribution in [0.4, 0.5) is 4.39 Å². The lowest BCUT2D eigenvalue weighted by atomic mass is 9.44. The lowest BCUT2D eigenvalue weighted by Crippen LogP contribution is -2.70. The number of allylic oxidation sites excluding steroid dienone is 1. The highest BCUT2D eigenvalue weighted by molar-refractivity contribution is 5.92. The Morgan fingerprint density at radius 3 is 2.61 bits per heavy atom. The molecule has 0 amide bonds. The lowest BCUT2D eigenvalue weighted by Gasteiger charge is -2.63. The van der Waals surface area contributed by atoms with Crippen molar-refractivity contribution in [2.75, 3.05) is 6.61 Å². The van der Waals surface area contributed by atoms with Gasteiger partial charge in [-0.2, -0.15) is 0 Å². The van der Waals surface area contributed by atoms with Crippen molar-refractivity contribution in [2.24, 2.45) is 22.7 Å². The van der Waals surface area contributed by atoms with Crippen LogP contribution in [-0.4, -0.2) is 57.7 Å². The third-order valence-electron chi connectivity index (χ3n) is 9.59. The van der Waals surface area contributed by atoms with E-state index in [0.717, 1.165) is 5.57 Å². The number of hydrogen-bond donors (Lipinski definition) is 2. The van der Waals surface area contributed by atoms with E-state index in [9.17, 15) is 19.8 Å². The summed E-state index contributed by atoms with van der Waals surface area (Å²) in [4.78, 5) is 25.2. The first-order valence-corrected chi connectivity index (χ1v) is 11.5. The summed E-state index contributed by atoms with van der Waals surface area (Å²) in [6.07, 6.45) is 1.96. The van der Waals surface area contributed by atoms with Gasteiger partial charge in [-0.3, -0.25) is 9.59 Å². The summed E-state index contributed by atoms with van der Waals surface area (Å²) in [6, 6.07) is 0. The molecule has 6 unspecified atom stereocenters. The largest absolute Gasteiger partial charge is 0.390 e. The SMILES string of the molecule is CC1(C)OC2CC3C4CCC5=CC(=O)CCC5(C)[C@@]4(F)[C@@H](O)CC3(C)C2(C(=O)CO)O1. The van der Waals surface area contributed by atoms with E-state index in [0.29, 0.717) is 25.7 Å². The summed E-state index contributed by atoms with van der Waals surface area (Å²) in [5, 5.41) is 21.2. The number of ether oxygens (including phenoxy) is 2. The Morgan fingerprint density at radius 2 is 1.94 bits per heavy atom. The molecule has 1 aliphatic heterocycles. The van der Waals surface area contributed by atoms with Gasteiger partial charge in [0.15, 0.2) is 23.0 Å². The molecule has 0 aromatic carbocycles. The first-order valence-electron chi connectivity index (χ1n) is 11.5. The van der Waals surface area contributed by atoms with E-state index in [1.54, 1.807) is 19.9 Å². The molecule has 0 aromatic rings. The van der Waals surface area contributed by atoms with Crippen molar-refractivity contribution >= 4 is 11.6 Å². The Labute approximate surface area is 182 Å². The zero-order valence-electron chi connectivity index (χ0n) is 18.7. The predicted octanol–water partition coefficient (Wildman–Crippen LogP) is 2.64. The maximum Gasteiger partial charge on any atom is 0.193 e. The van der Waals surface area contributed by atoms with Gasteiger partial charge in [0.25, 0.3) is 0 Å². The number of rotatable bonds is 2. The number of halogens is 1. The summed E-state index contributed by atoms with van der Waals surface area (Å²) in [5.74, 6) is -2.17. The van der Waals surface area contributed by atoms with Crippen LogP contribution in [0.2, 0.25) is 0 Å². The van der Waals surface area contributed by atoms with Crippen LogP contribution in [-0.2, 0) is 19.1 Å². The Hall–Kier alpha value is -1.15. The van der Waals surface area contributed by atoms with E-state index in [1.807, 2.05) is 13.8 Å². The second-order valence-electron chi connectivity index (χ2n) is 11.3. The number of ketones is 2. The molecular weight excluding hydrogens is 403 g/mol. The number of fused-ring (bicyclic) bond motifs is 7. The first-order chi connectivity index (χ1) is 14.4. The van der Waals surface area contributed by atoms with E-state index in [1.165, 1.54) is 0 Å². The van der Waals surface area contributed by atoms with Crippen molar-refractivity contribution in [1.82, 2.24) is 0 Å². The average Bonchev–Trinajstić information content (AvgIpc) is 3.09. The maximum absolute atomic E-state index is 17.2. The number of carbonyl (C=O) groups is 2. The Balaban J connectivity index is 1.63. The number of aliphatic hydroxyl groups excluding tert-OH is 2. The molecule has 172 valence electrons. The van der Waals surface area contributed by atoms with Crippen molar-refractivity contribution in [3.8, 4) is 0 Å². The van der Waals surface area contributed by atoms with Gasteiger partial charge < -0.3 is 19.7 Å². The summed E-state index contributed by atoms with van der Waals surface area (Å²) in [7, 11) is 0. The van der Waals surface area contributed by atoms with Gasteiger partial charge in [-0.05, 0) is 57.9 Å². The molecule has 5 aliphatic rings. The highest BCUT2D eigenvalue weighted by Crippen LogP contribution is 2.72. The minimum Gasteiger partial charge on any atom is -0.390 e. The second-order valence-corrected chi connectivity index (χ2v) is 11.3. The minimum absolute atomic E-state index is 0.0246. The van der Waals surface area contributed by atoms with E-state index in [2.05, 4.69) is 0 Å². The van der Waals surface area contributed by atoms with Gasteiger partial charge >= 0.3 is 0 Å². The molecule has 8 atom stereocenters. The van der Waals surface area contributed by atoms with Gasteiger partial charge in [-0.15, -0.1) is 0 Å². The zero-order valence-corrected chi connectivity index (χ0v) is 18.7. The smallest absolute Gasteiger partial charge is 0.193 e. The van der Waals surface area contributed by atoms with E-state index < -0.39 is 58.4 Å². The summed E-state index contributed by atoms with van der Waals surface area (Å²) in [5.41, 5.74) is -4.26. The van der Waals surface area contributed by atoms with Crippen molar-refractivity contribution in [2.45, 2.75) is 95.5 Å². The van der Waals surface area contributed by atoms with Crippen LogP contribution < -0.4 is 0 Å². The highest BCUT2D eigenvalue weighted by Gasteiger charge is 2.80. The van der Waals surface area contributed by atoms with Gasteiger partial charge in [-0.1, -0.05) is 19.4 Å². The molecular formula is C24H33FO6. The van der Waals surface area contributed by atoms with Crippen LogP contribution in [0, 0.1) is 22.7 Å². The van der Waals surface area contributed by atoms with Crippen LogP contribution in [0.3, 0.4) is 0 Å². The van der Waals surface area contributed by atoms with Crippen LogP contribution >= 0.6 is 0 Å². The van der Waals surface area contributed by atoms with Gasteiger partial charge in [-0.25, -0.2) is 4.39 Å². The molecule has 3 saturated carbocycles. The van der Waals surface area contributed by atoms with E-state index in [-0.39, 0.29) is 24.5 Å². The first kappa shape index (κ1) is 21.7. The molecule has 0 radical (unpaired) electrons. The normalized spacial score (nSPS) is 52.6. The van der Waals surface area contributed by atoms with Crippen molar-refractivity contribution in [3.63, 3.8) is 0 Å². The number of Topliss-reactive ketones (excluding diaryl/α,β-unsaturated/α-hetero) is 1. The summed E-state index contributed by atoms with van der Waals surface area (Å²) < 4.78 is 29.6. The van der Waals surface area contributed by atoms with Crippen LogP contribution in [0.1, 0.15) is 66.2 Å². The molecule has 0 bridgehead atoms. The molecule has 1 saturated heterocycles. The minimum atomic E-state index is -1.89. The third kappa shape index (κ3) is 2.36. The van der Waals surface area contributed by atoms with Crippen LogP contribution in [0.5, 0.6) is 0 Å². The lowest BCUT2D eigenvalue weighted by molar-refractivity contribution is -0.251. The maximum atomic E-state index is 17.2. The quantitative estimate of drug-likeness (QED) is 0.691. The molecule has 4 fully saturated rings. The highest BCUT2D eigenvalue weighted by atomic mass is 19.1. The molecule has 6 nitrogen and oxygen atoms in total. The Bertz CT molecular complexity index is 883. The Kier molecular flexibility index (Phi) is 4.37. The topological polar surface area (TPSA) is 93.1 Å².